The van der Waals surface area contributed by atoms with Gasteiger partial charge in [-0.05, 0) is 49.7 Å². The monoisotopic (exact) mass is 304 g/mol. The standard InChI is InChI=1S/C17H21ClN2O/c1-12(2)21-16-8-3-5-13(9-16)17(11-19)20-15-7-4-6-14(18)10-15/h3-10,12,17,20H,11,19H2,1-2H3. The highest BCUT2D eigenvalue weighted by Gasteiger charge is 2.11. The van der Waals surface area contributed by atoms with Crippen molar-refractivity contribution in [2.45, 2.75) is 26.0 Å². The molecule has 0 aromatic heterocycles. The molecule has 0 saturated heterocycles. The minimum absolute atomic E-state index is 0.0131. The Balaban J connectivity index is 2.17. The summed E-state index contributed by atoms with van der Waals surface area (Å²) < 4.78 is 5.73. The maximum atomic E-state index is 6.01. The molecule has 0 saturated carbocycles. The lowest BCUT2D eigenvalue weighted by Crippen LogP contribution is -2.20. The van der Waals surface area contributed by atoms with E-state index >= 15 is 0 Å². The highest BCUT2D eigenvalue weighted by Crippen LogP contribution is 2.24. The molecule has 2 aromatic carbocycles. The van der Waals surface area contributed by atoms with Crippen LogP contribution in [0.4, 0.5) is 5.69 Å². The quantitative estimate of drug-likeness (QED) is 0.839. The SMILES string of the molecule is CC(C)Oc1cccc(C(CN)Nc2cccc(Cl)c2)c1. The van der Waals surface area contributed by atoms with Crippen LogP contribution in [-0.4, -0.2) is 12.6 Å². The third-order valence-corrected chi connectivity index (χ3v) is 3.27. The summed E-state index contributed by atoms with van der Waals surface area (Å²) in [4.78, 5) is 0. The Labute approximate surface area is 131 Å². The van der Waals surface area contributed by atoms with Crippen molar-refractivity contribution in [3.63, 3.8) is 0 Å². The van der Waals surface area contributed by atoms with Gasteiger partial charge in [0.1, 0.15) is 5.75 Å². The fourth-order valence-electron chi connectivity index (χ4n) is 2.13. The normalized spacial score (nSPS) is 12.2. The number of nitrogens with two attached hydrogens (primary N) is 1. The van der Waals surface area contributed by atoms with Crippen molar-refractivity contribution < 1.29 is 4.74 Å². The van der Waals surface area contributed by atoms with Gasteiger partial charge in [-0.25, -0.2) is 0 Å². The van der Waals surface area contributed by atoms with E-state index in [0.717, 1.165) is 17.0 Å². The van der Waals surface area contributed by atoms with E-state index < -0.39 is 0 Å². The van der Waals surface area contributed by atoms with Crippen molar-refractivity contribution in [1.82, 2.24) is 0 Å². The van der Waals surface area contributed by atoms with Crippen molar-refractivity contribution in [3.05, 3.63) is 59.1 Å². The van der Waals surface area contributed by atoms with Gasteiger partial charge < -0.3 is 15.8 Å². The summed E-state index contributed by atoms with van der Waals surface area (Å²) >= 11 is 6.01. The molecule has 0 amide bonds. The lowest BCUT2D eigenvalue weighted by molar-refractivity contribution is 0.242. The molecule has 0 heterocycles. The second-order valence-electron chi connectivity index (χ2n) is 5.18. The molecular weight excluding hydrogens is 284 g/mol. The van der Waals surface area contributed by atoms with Crippen LogP contribution in [0, 0.1) is 0 Å². The highest BCUT2D eigenvalue weighted by molar-refractivity contribution is 6.30. The molecule has 0 aliphatic heterocycles. The molecule has 2 aromatic rings. The van der Waals surface area contributed by atoms with Crippen molar-refractivity contribution in [2.75, 3.05) is 11.9 Å². The maximum absolute atomic E-state index is 6.01. The van der Waals surface area contributed by atoms with Crippen LogP contribution in [0.15, 0.2) is 48.5 Å². The highest BCUT2D eigenvalue weighted by atomic mass is 35.5. The number of nitrogens with one attached hydrogen (secondary N) is 1. The van der Waals surface area contributed by atoms with Crippen LogP contribution in [-0.2, 0) is 0 Å². The minimum atomic E-state index is 0.0131. The van der Waals surface area contributed by atoms with Gasteiger partial charge in [0.2, 0.25) is 0 Å². The van der Waals surface area contributed by atoms with E-state index in [9.17, 15) is 0 Å². The maximum Gasteiger partial charge on any atom is 0.120 e. The van der Waals surface area contributed by atoms with Gasteiger partial charge in [-0.1, -0.05) is 29.8 Å². The molecule has 3 N–H and O–H groups in total. The summed E-state index contributed by atoms with van der Waals surface area (Å²) in [5, 5.41) is 4.10. The number of ether oxygens (including phenoxy) is 1. The van der Waals surface area contributed by atoms with E-state index in [4.69, 9.17) is 22.1 Å². The molecule has 0 aliphatic carbocycles. The fourth-order valence-corrected chi connectivity index (χ4v) is 2.32. The summed E-state index contributed by atoms with van der Waals surface area (Å²) in [7, 11) is 0. The molecule has 112 valence electrons. The molecule has 3 nitrogen and oxygen atoms in total. The van der Waals surface area contributed by atoms with E-state index in [1.807, 2.05) is 62.4 Å². The Kier molecular flexibility index (Phi) is 5.48. The summed E-state index contributed by atoms with van der Waals surface area (Å²) in [5.41, 5.74) is 7.95. The molecular formula is C17H21ClN2O. The minimum Gasteiger partial charge on any atom is -0.491 e. The van der Waals surface area contributed by atoms with Gasteiger partial charge in [0.25, 0.3) is 0 Å². The number of hydrogen-bond acceptors (Lipinski definition) is 3. The predicted molar refractivity (Wildman–Crippen MR) is 89.1 cm³/mol. The molecule has 21 heavy (non-hydrogen) atoms. The van der Waals surface area contributed by atoms with E-state index in [1.165, 1.54) is 0 Å². The summed E-state index contributed by atoms with van der Waals surface area (Å²) in [6.07, 6.45) is 0.150. The van der Waals surface area contributed by atoms with Gasteiger partial charge in [0, 0.05) is 17.3 Å². The zero-order valence-corrected chi connectivity index (χ0v) is 13.1. The van der Waals surface area contributed by atoms with Crippen LogP contribution in [0.25, 0.3) is 0 Å². The van der Waals surface area contributed by atoms with E-state index in [0.29, 0.717) is 11.6 Å². The molecule has 0 bridgehead atoms. The topological polar surface area (TPSA) is 47.3 Å². The van der Waals surface area contributed by atoms with Crippen molar-refractivity contribution in [3.8, 4) is 5.75 Å². The Morgan fingerprint density at radius 1 is 1.14 bits per heavy atom. The lowest BCUT2D eigenvalue weighted by Gasteiger charge is -2.20. The zero-order valence-electron chi connectivity index (χ0n) is 12.3. The smallest absolute Gasteiger partial charge is 0.120 e. The van der Waals surface area contributed by atoms with Crippen LogP contribution in [0.1, 0.15) is 25.5 Å². The van der Waals surface area contributed by atoms with Gasteiger partial charge >= 0.3 is 0 Å². The van der Waals surface area contributed by atoms with Crippen molar-refractivity contribution in [2.24, 2.45) is 5.73 Å². The Bertz CT molecular complexity index is 587. The Morgan fingerprint density at radius 3 is 2.57 bits per heavy atom. The van der Waals surface area contributed by atoms with Gasteiger partial charge in [-0.15, -0.1) is 0 Å². The molecule has 4 heteroatoms. The number of anilines is 1. The third kappa shape index (κ3) is 4.66. The first-order valence-corrected chi connectivity index (χ1v) is 7.45. The van der Waals surface area contributed by atoms with Gasteiger partial charge in [0.05, 0.1) is 12.1 Å². The number of benzene rings is 2. The summed E-state index contributed by atoms with van der Waals surface area (Å²) in [6.45, 7) is 4.51. The largest absolute Gasteiger partial charge is 0.491 e. The first-order valence-electron chi connectivity index (χ1n) is 7.07. The second kappa shape index (κ2) is 7.34. The first-order chi connectivity index (χ1) is 10.1. The van der Waals surface area contributed by atoms with Crippen molar-refractivity contribution in [1.29, 1.82) is 0 Å². The molecule has 0 fully saturated rings. The first kappa shape index (κ1) is 15.7. The number of halogens is 1. The average Bonchev–Trinajstić information content (AvgIpc) is 2.44. The van der Waals surface area contributed by atoms with Gasteiger partial charge in [-0.2, -0.15) is 0 Å². The van der Waals surface area contributed by atoms with Gasteiger partial charge in [-0.3, -0.25) is 0 Å². The van der Waals surface area contributed by atoms with Crippen LogP contribution in [0.5, 0.6) is 5.75 Å². The van der Waals surface area contributed by atoms with Crippen molar-refractivity contribution >= 4 is 17.3 Å². The van der Waals surface area contributed by atoms with Crippen LogP contribution < -0.4 is 15.8 Å². The molecule has 2 rings (SSSR count). The predicted octanol–water partition coefficient (Wildman–Crippen LogP) is 4.24. The number of rotatable bonds is 6. The molecule has 0 radical (unpaired) electrons. The Hall–Kier alpha value is -1.71. The van der Waals surface area contributed by atoms with Gasteiger partial charge in [0.15, 0.2) is 0 Å². The molecule has 1 unspecified atom stereocenters. The summed E-state index contributed by atoms with van der Waals surface area (Å²) in [5.74, 6) is 0.855. The zero-order chi connectivity index (χ0) is 15.2. The fraction of sp³-hybridized carbons (Fsp3) is 0.294. The average molecular weight is 305 g/mol. The molecule has 0 spiro atoms. The molecule has 0 aliphatic rings. The Morgan fingerprint density at radius 2 is 1.90 bits per heavy atom. The lowest BCUT2D eigenvalue weighted by atomic mass is 10.1. The second-order valence-corrected chi connectivity index (χ2v) is 5.62. The third-order valence-electron chi connectivity index (χ3n) is 3.03. The molecule has 1 atom stereocenters. The summed E-state index contributed by atoms with van der Waals surface area (Å²) in [6, 6.07) is 15.6. The van der Waals surface area contributed by atoms with Crippen LogP contribution >= 0.6 is 11.6 Å². The van der Waals surface area contributed by atoms with E-state index in [1.54, 1.807) is 0 Å². The number of hydrogen-bond donors (Lipinski definition) is 2. The van der Waals surface area contributed by atoms with E-state index in [-0.39, 0.29) is 12.1 Å². The van der Waals surface area contributed by atoms with Crippen LogP contribution in [0.2, 0.25) is 5.02 Å². The van der Waals surface area contributed by atoms with E-state index in [2.05, 4.69) is 5.32 Å². The van der Waals surface area contributed by atoms with Crippen LogP contribution in [0.3, 0.4) is 0 Å².